The minimum atomic E-state index is -0.541. The van der Waals surface area contributed by atoms with Crippen molar-refractivity contribution in [1.82, 2.24) is 9.97 Å². The Kier molecular flexibility index (Phi) is 3.09. The number of carbonyl (C=O) groups excluding carboxylic acids is 2. The third kappa shape index (κ3) is 2.17. The average Bonchev–Trinajstić information content (AvgIpc) is 2.60. The van der Waals surface area contributed by atoms with E-state index in [1.165, 1.54) is 0 Å². The van der Waals surface area contributed by atoms with E-state index in [4.69, 9.17) is 0 Å². The number of carbonyl (C=O) groups is 2. The molecule has 110 valence electrons. The van der Waals surface area contributed by atoms with Crippen molar-refractivity contribution in [2.24, 2.45) is 0 Å². The maximum atomic E-state index is 12.4. The van der Waals surface area contributed by atoms with Crippen molar-refractivity contribution in [2.75, 3.05) is 0 Å². The van der Waals surface area contributed by atoms with Gasteiger partial charge >= 0.3 is 0 Å². The maximum Gasteiger partial charge on any atom is 0.235 e. The molecule has 0 amide bonds. The molecule has 0 fully saturated rings. The van der Waals surface area contributed by atoms with E-state index >= 15 is 0 Å². The monoisotopic (exact) mass is 318 g/mol. The molecule has 0 spiro atoms. The number of Topliss-reactive ketones (excluding diaryl/α,β-unsaturated/α-hetero) is 2. The summed E-state index contributed by atoms with van der Waals surface area (Å²) in [5, 5.41) is 0. The fourth-order valence-electron chi connectivity index (χ4n) is 2.66. The summed E-state index contributed by atoms with van der Waals surface area (Å²) in [7, 11) is 0. The van der Waals surface area contributed by atoms with Crippen LogP contribution < -0.4 is 0 Å². The van der Waals surface area contributed by atoms with Crippen LogP contribution in [0.15, 0.2) is 59.8 Å². The van der Waals surface area contributed by atoms with Gasteiger partial charge in [-0.15, -0.1) is 12.6 Å². The summed E-state index contributed by atoms with van der Waals surface area (Å²) in [6.07, 6.45) is 3.28. The highest BCUT2D eigenvalue weighted by molar-refractivity contribution is 7.80. The van der Waals surface area contributed by atoms with Gasteiger partial charge in [-0.25, -0.2) is 0 Å². The molecule has 0 radical (unpaired) electrons. The Hall–Kier alpha value is -2.79. The van der Waals surface area contributed by atoms with Gasteiger partial charge in [0.25, 0.3) is 0 Å². The van der Waals surface area contributed by atoms with E-state index in [-0.39, 0.29) is 0 Å². The predicted molar refractivity (Wildman–Crippen MR) is 88.8 cm³/mol. The SMILES string of the molecule is O=C1C(=O)c2cc(-c3ccc(S)cc3)cnc2-c2ncccc21. The molecule has 0 bridgehead atoms. The highest BCUT2D eigenvalue weighted by atomic mass is 32.1. The summed E-state index contributed by atoms with van der Waals surface area (Å²) >= 11 is 4.26. The first-order valence-electron chi connectivity index (χ1n) is 6.99. The van der Waals surface area contributed by atoms with Gasteiger partial charge in [-0.05, 0) is 35.9 Å². The van der Waals surface area contributed by atoms with Crippen molar-refractivity contribution < 1.29 is 9.59 Å². The lowest BCUT2D eigenvalue weighted by Gasteiger charge is -2.16. The molecule has 0 unspecified atom stereocenters. The van der Waals surface area contributed by atoms with Gasteiger partial charge in [-0.2, -0.15) is 0 Å². The highest BCUT2D eigenvalue weighted by Crippen LogP contribution is 2.32. The number of nitrogens with zero attached hydrogens (tertiary/aromatic N) is 2. The quantitative estimate of drug-likeness (QED) is 0.551. The van der Waals surface area contributed by atoms with E-state index in [0.717, 1.165) is 16.0 Å². The molecular weight excluding hydrogens is 308 g/mol. The highest BCUT2D eigenvalue weighted by Gasteiger charge is 2.32. The largest absolute Gasteiger partial charge is 0.285 e. The second-order valence-electron chi connectivity index (χ2n) is 5.22. The molecule has 0 saturated carbocycles. The third-order valence-electron chi connectivity index (χ3n) is 3.82. The van der Waals surface area contributed by atoms with E-state index in [9.17, 15) is 9.59 Å². The van der Waals surface area contributed by atoms with E-state index < -0.39 is 11.6 Å². The van der Waals surface area contributed by atoms with Crippen molar-refractivity contribution in [3.8, 4) is 22.5 Å². The van der Waals surface area contributed by atoms with Crippen molar-refractivity contribution in [2.45, 2.75) is 4.90 Å². The Morgan fingerprint density at radius 2 is 1.48 bits per heavy atom. The molecular formula is C18H10N2O2S. The topological polar surface area (TPSA) is 59.9 Å². The van der Waals surface area contributed by atoms with Gasteiger partial charge in [-0.1, -0.05) is 12.1 Å². The Labute approximate surface area is 137 Å². The molecule has 0 saturated heterocycles. The van der Waals surface area contributed by atoms with E-state index in [1.807, 2.05) is 24.3 Å². The van der Waals surface area contributed by atoms with E-state index in [0.29, 0.717) is 22.5 Å². The van der Waals surface area contributed by atoms with Crippen LogP contribution in [0.1, 0.15) is 20.7 Å². The molecule has 4 nitrogen and oxygen atoms in total. The summed E-state index contributed by atoms with van der Waals surface area (Å²) in [6.45, 7) is 0. The van der Waals surface area contributed by atoms with Crippen LogP contribution in [0.2, 0.25) is 0 Å². The molecule has 0 N–H and O–H groups in total. The molecule has 3 aromatic rings. The van der Waals surface area contributed by atoms with E-state index in [1.54, 1.807) is 30.6 Å². The lowest BCUT2D eigenvalue weighted by molar-refractivity contribution is 0.0814. The van der Waals surface area contributed by atoms with Crippen LogP contribution in [0.4, 0.5) is 0 Å². The van der Waals surface area contributed by atoms with Crippen LogP contribution >= 0.6 is 12.6 Å². The van der Waals surface area contributed by atoms with Crippen LogP contribution in [0.5, 0.6) is 0 Å². The summed E-state index contributed by atoms with van der Waals surface area (Å²) in [5.74, 6) is -1.08. The van der Waals surface area contributed by atoms with Crippen LogP contribution in [0, 0.1) is 0 Å². The van der Waals surface area contributed by atoms with Crippen molar-refractivity contribution in [3.63, 3.8) is 0 Å². The summed E-state index contributed by atoms with van der Waals surface area (Å²) in [4.78, 5) is 34.1. The number of benzene rings is 1. The van der Waals surface area contributed by atoms with Gasteiger partial charge in [0.15, 0.2) is 0 Å². The summed E-state index contributed by atoms with van der Waals surface area (Å²) in [6, 6.07) is 12.5. The average molecular weight is 318 g/mol. The predicted octanol–water partition coefficient (Wildman–Crippen LogP) is 3.48. The smallest absolute Gasteiger partial charge is 0.235 e. The zero-order chi connectivity index (χ0) is 16.0. The first-order chi connectivity index (χ1) is 11.1. The number of hydrogen-bond donors (Lipinski definition) is 1. The lowest BCUT2D eigenvalue weighted by Crippen LogP contribution is -2.22. The second kappa shape index (κ2) is 5.14. The second-order valence-corrected chi connectivity index (χ2v) is 5.74. The number of thiol groups is 1. The van der Waals surface area contributed by atoms with Crippen LogP contribution in [0.25, 0.3) is 22.5 Å². The number of hydrogen-bond acceptors (Lipinski definition) is 5. The zero-order valence-electron chi connectivity index (χ0n) is 11.9. The Morgan fingerprint density at radius 3 is 2.26 bits per heavy atom. The van der Waals surface area contributed by atoms with Crippen LogP contribution in [-0.2, 0) is 0 Å². The molecule has 4 rings (SSSR count). The zero-order valence-corrected chi connectivity index (χ0v) is 12.7. The molecule has 5 heteroatoms. The lowest BCUT2D eigenvalue weighted by atomic mass is 9.89. The fraction of sp³-hybridized carbons (Fsp3) is 0. The van der Waals surface area contributed by atoms with Gasteiger partial charge in [-0.3, -0.25) is 19.6 Å². The van der Waals surface area contributed by atoms with E-state index in [2.05, 4.69) is 22.6 Å². The molecule has 23 heavy (non-hydrogen) atoms. The molecule has 2 heterocycles. The summed E-state index contributed by atoms with van der Waals surface area (Å²) < 4.78 is 0. The molecule has 0 aliphatic heterocycles. The normalized spacial score (nSPS) is 12.7. The minimum Gasteiger partial charge on any atom is -0.285 e. The molecule has 2 aromatic heterocycles. The molecule has 0 atom stereocenters. The number of aromatic nitrogens is 2. The third-order valence-corrected chi connectivity index (χ3v) is 4.11. The number of rotatable bonds is 1. The minimum absolute atomic E-state index is 0.300. The van der Waals surface area contributed by atoms with Gasteiger partial charge in [0, 0.05) is 22.9 Å². The van der Waals surface area contributed by atoms with Gasteiger partial charge in [0.05, 0.1) is 11.1 Å². The van der Waals surface area contributed by atoms with Crippen molar-refractivity contribution >= 4 is 24.2 Å². The van der Waals surface area contributed by atoms with Gasteiger partial charge in [0.1, 0.15) is 11.4 Å². The number of fused-ring (bicyclic) bond motifs is 3. The number of pyridine rings is 2. The maximum absolute atomic E-state index is 12.4. The van der Waals surface area contributed by atoms with Crippen LogP contribution in [0.3, 0.4) is 0 Å². The molecule has 1 aliphatic rings. The van der Waals surface area contributed by atoms with Crippen molar-refractivity contribution in [1.29, 1.82) is 0 Å². The van der Waals surface area contributed by atoms with Crippen LogP contribution in [-0.4, -0.2) is 21.5 Å². The first-order valence-corrected chi connectivity index (χ1v) is 7.44. The summed E-state index contributed by atoms with van der Waals surface area (Å²) in [5.41, 5.74) is 3.21. The molecule has 1 aromatic carbocycles. The van der Waals surface area contributed by atoms with Crippen molar-refractivity contribution in [3.05, 3.63) is 66.0 Å². The molecule has 1 aliphatic carbocycles. The Balaban J connectivity index is 1.92. The Bertz CT molecular complexity index is 965. The fourth-order valence-corrected chi connectivity index (χ4v) is 2.81. The Morgan fingerprint density at radius 1 is 0.783 bits per heavy atom. The van der Waals surface area contributed by atoms with Gasteiger partial charge in [0.2, 0.25) is 11.6 Å². The first kappa shape index (κ1) is 13.8. The van der Waals surface area contributed by atoms with Gasteiger partial charge < -0.3 is 0 Å². The standard InChI is InChI=1S/C18H10N2O2S/c21-17-13-2-1-7-19-15(13)16-14(18(17)22)8-11(9-20-16)10-3-5-12(23)6-4-10/h1-9,23H. The number of ketones is 2.